The fourth-order valence-electron chi connectivity index (χ4n) is 2.43. The smallest absolute Gasteiger partial charge is 0.243 e. The van der Waals surface area contributed by atoms with E-state index in [9.17, 15) is 10.2 Å². The van der Waals surface area contributed by atoms with Crippen molar-refractivity contribution in [2.24, 2.45) is 0 Å². The molecule has 3 rings (SSSR count). The fraction of sp³-hybridized carbons (Fsp3) is 0.500. The number of hydrogen-bond donors (Lipinski definition) is 3. The summed E-state index contributed by atoms with van der Waals surface area (Å²) in [7, 11) is 1.45. The molecule has 9 heteroatoms. The van der Waals surface area contributed by atoms with Crippen LogP contribution in [-0.2, 0) is 4.74 Å². The number of aliphatic hydroxyl groups excluding tert-OH is 3. The van der Waals surface area contributed by atoms with Crippen LogP contribution < -0.4 is 4.74 Å². The average molecular weight is 316 g/mol. The average Bonchev–Trinajstić information content (AvgIpc) is 3.01. The first-order valence-electron chi connectivity index (χ1n) is 6.26. The van der Waals surface area contributed by atoms with Gasteiger partial charge in [-0.15, -0.1) is 0 Å². The van der Waals surface area contributed by atoms with Gasteiger partial charge >= 0.3 is 0 Å². The molecular formula is C12H14ClN3O5. The highest BCUT2D eigenvalue weighted by molar-refractivity contribution is 6.30. The van der Waals surface area contributed by atoms with Gasteiger partial charge in [-0.3, -0.25) is 0 Å². The van der Waals surface area contributed by atoms with Crippen molar-refractivity contribution in [3.63, 3.8) is 0 Å². The van der Waals surface area contributed by atoms with E-state index in [0.29, 0.717) is 11.0 Å². The quantitative estimate of drug-likeness (QED) is 0.667. The normalized spacial score (nSPS) is 29.2. The van der Waals surface area contributed by atoms with Gasteiger partial charge in [0.15, 0.2) is 11.7 Å². The molecule has 0 spiro atoms. The van der Waals surface area contributed by atoms with Gasteiger partial charge in [0, 0.05) is 6.07 Å². The number of aromatic nitrogens is 3. The van der Waals surface area contributed by atoms with Gasteiger partial charge < -0.3 is 29.4 Å². The lowest BCUT2D eigenvalue weighted by Gasteiger charge is -2.17. The highest BCUT2D eigenvalue weighted by Gasteiger charge is 2.43. The first-order chi connectivity index (χ1) is 10.1. The van der Waals surface area contributed by atoms with Gasteiger partial charge in [-0.05, 0) is 0 Å². The van der Waals surface area contributed by atoms with Gasteiger partial charge in [-0.25, -0.2) is 4.98 Å². The Bertz CT molecular complexity index is 664. The third kappa shape index (κ3) is 2.25. The summed E-state index contributed by atoms with van der Waals surface area (Å²) < 4.78 is 12.1. The SMILES string of the molecule is COc1nc(Cl)cc2c1ncn2[C@@H]1O[C@H](CO)[C@@H](O)[C@H]1O. The summed E-state index contributed by atoms with van der Waals surface area (Å²) in [6.45, 7) is -0.396. The Balaban J connectivity index is 2.07. The molecule has 1 aliphatic heterocycles. The summed E-state index contributed by atoms with van der Waals surface area (Å²) >= 11 is 5.93. The van der Waals surface area contributed by atoms with Crippen LogP contribution in [0.5, 0.6) is 5.88 Å². The molecule has 3 N–H and O–H groups in total. The molecule has 2 aromatic rings. The second-order valence-corrected chi connectivity index (χ2v) is 5.09. The minimum absolute atomic E-state index is 0.202. The molecule has 0 aromatic carbocycles. The van der Waals surface area contributed by atoms with E-state index in [2.05, 4.69) is 9.97 Å². The Morgan fingerprint density at radius 2 is 2.19 bits per heavy atom. The lowest BCUT2D eigenvalue weighted by atomic mass is 10.1. The zero-order valence-corrected chi connectivity index (χ0v) is 11.8. The van der Waals surface area contributed by atoms with Crippen LogP contribution in [-0.4, -0.2) is 61.9 Å². The number of hydrogen-bond acceptors (Lipinski definition) is 7. The maximum atomic E-state index is 10.1. The zero-order valence-electron chi connectivity index (χ0n) is 11.0. The Kier molecular flexibility index (Phi) is 3.72. The molecule has 114 valence electrons. The number of methoxy groups -OCH3 is 1. The van der Waals surface area contributed by atoms with Crippen molar-refractivity contribution >= 4 is 22.6 Å². The largest absolute Gasteiger partial charge is 0.479 e. The maximum Gasteiger partial charge on any atom is 0.243 e. The second kappa shape index (κ2) is 5.39. The van der Waals surface area contributed by atoms with Gasteiger partial charge in [-0.2, -0.15) is 4.98 Å². The van der Waals surface area contributed by atoms with E-state index in [1.807, 2.05) is 0 Å². The highest BCUT2D eigenvalue weighted by atomic mass is 35.5. The van der Waals surface area contributed by atoms with Crippen molar-refractivity contribution in [1.82, 2.24) is 14.5 Å². The molecular weight excluding hydrogens is 302 g/mol. The molecule has 1 fully saturated rings. The van der Waals surface area contributed by atoms with Crippen molar-refractivity contribution in [2.75, 3.05) is 13.7 Å². The fourth-order valence-corrected chi connectivity index (χ4v) is 2.61. The van der Waals surface area contributed by atoms with Gasteiger partial charge in [-0.1, -0.05) is 11.6 Å². The van der Waals surface area contributed by atoms with Crippen LogP contribution in [0.2, 0.25) is 5.15 Å². The van der Waals surface area contributed by atoms with Crippen LogP contribution in [0.3, 0.4) is 0 Å². The minimum Gasteiger partial charge on any atom is -0.479 e. The van der Waals surface area contributed by atoms with Crippen molar-refractivity contribution < 1.29 is 24.8 Å². The zero-order chi connectivity index (χ0) is 15.1. The maximum absolute atomic E-state index is 10.1. The molecule has 0 radical (unpaired) electrons. The van der Waals surface area contributed by atoms with Gasteiger partial charge in [0.25, 0.3) is 0 Å². The van der Waals surface area contributed by atoms with Gasteiger partial charge in [0.1, 0.15) is 23.5 Å². The molecule has 21 heavy (non-hydrogen) atoms. The van der Waals surface area contributed by atoms with E-state index >= 15 is 0 Å². The Hall–Kier alpha value is -1.45. The van der Waals surface area contributed by atoms with Crippen LogP contribution in [0.4, 0.5) is 0 Å². The van der Waals surface area contributed by atoms with E-state index in [1.54, 1.807) is 6.07 Å². The molecule has 0 aliphatic carbocycles. The molecule has 3 heterocycles. The summed E-state index contributed by atoms with van der Waals surface area (Å²) in [4.78, 5) is 8.17. The Morgan fingerprint density at radius 3 is 2.81 bits per heavy atom. The van der Waals surface area contributed by atoms with Crippen molar-refractivity contribution in [2.45, 2.75) is 24.5 Å². The van der Waals surface area contributed by atoms with E-state index in [-0.39, 0.29) is 11.0 Å². The third-order valence-electron chi connectivity index (χ3n) is 3.48. The predicted octanol–water partition coefficient (Wildman–Crippen LogP) is -0.295. The molecule has 0 saturated carbocycles. The van der Waals surface area contributed by atoms with Crippen molar-refractivity contribution in [1.29, 1.82) is 0 Å². The van der Waals surface area contributed by atoms with Crippen LogP contribution in [0.1, 0.15) is 6.23 Å². The summed E-state index contributed by atoms with van der Waals surface area (Å²) in [5.74, 6) is 0.253. The number of nitrogens with zero attached hydrogens (tertiary/aromatic N) is 3. The van der Waals surface area contributed by atoms with Crippen LogP contribution in [0.15, 0.2) is 12.4 Å². The molecule has 8 nitrogen and oxygen atoms in total. The number of halogens is 1. The molecule has 0 unspecified atom stereocenters. The van der Waals surface area contributed by atoms with Crippen LogP contribution >= 0.6 is 11.6 Å². The highest BCUT2D eigenvalue weighted by Crippen LogP contribution is 2.34. The summed E-state index contributed by atoms with van der Waals surface area (Å²) in [6, 6.07) is 1.56. The number of aliphatic hydroxyl groups is 3. The van der Waals surface area contributed by atoms with Gasteiger partial charge in [0.05, 0.1) is 25.6 Å². The Morgan fingerprint density at radius 1 is 1.43 bits per heavy atom. The monoisotopic (exact) mass is 315 g/mol. The van der Waals surface area contributed by atoms with Crippen LogP contribution in [0.25, 0.3) is 11.0 Å². The molecule has 0 bridgehead atoms. The summed E-state index contributed by atoms with van der Waals surface area (Å²) in [5, 5.41) is 29.2. The van der Waals surface area contributed by atoms with E-state index < -0.39 is 31.1 Å². The van der Waals surface area contributed by atoms with Crippen molar-refractivity contribution in [3.8, 4) is 5.88 Å². The summed E-state index contributed by atoms with van der Waals surface area (Å²) in [5.41, 5.74) is 1.00. The minimum atomic E-state index is -1.20. The molecule has 0 amide bonds. The van der Waals surface area contributed by atoms with Crippen LogP contribution in [0, 0.1) is 0 Å². The number of ether oxygens (including phenoxy) is 2. The lowest BCUT2D eigenvalue weighted by Crippen LogP contribution is -2.33. The standard InChI is InChI=1S/C12H14ClN3O5/c1-20-11-8-5(2-7(13)15-11)16(4-14-8)12-10(19)9(18)6(3-17)21-12/h2,4,6,9-10,12,17-19H,3H2,1H3/t6-,9-,10-,12-/m1/s1. The van der Waals surface area contributed by atoms with E-state index in [0.717, 1.165) is 0 Å². The predicted molar refractivity (Wildman–Crippen MR) is 72.1 cm³/mol. The number of pyridine rings is 1. The molecule has 1 aliphatic rings. The number of fused-ring (bicyclic) bond motifs is 1. The summed E-state index contributed by atoms with van der Waals surface area (Å²) in [6.07, 6.45) is -2.69. The third-order valence-corrected chi connectivity index (χ3v) is 3.68. The number of rotatable bonds is 3. The molecule has 4 atom stereocenters. The van der Waals surface area contributed by atoms with E-state index in [4.69, 9.17) is 26.2 Å². The molecule has 2 aromatic heterocycles. The van der Waals surface area contributed by atoms with E-state index in [1.165, 1.54) is 18.0 Å². The van der Waals surface area contributed by atoms with Gasteiger partial charge in [0.2, 0.25) is 5.88 Å². The first-order valence-corrected chi connectivity index (χ1v) is 6.64. The second-order valence-electron chi connectivity index (χ2n) is 4.70. The number of imidazole rings is 1. The Labute approximate surface area is 124 Å². The first kappa shape index (κ1) is 14.5. The van der Waals surface area contributed by atoms with Crippen molar-refractivity contribution in [3.05, 3.63) is 17.5 Å². The molecule has 1 saturated heterocycles. The lowest BCUT2D eigenvalue weighted by molar-refractivity contribution is -0.0508. The topological polar surface area (TPSA) is 110 Å².